The standard InChI is InChI=1S/C7H13BrO.C7H14O/c1-7(2,3)4-6(9)5-8;1-6(8)5-7(2,3)4/h4-5H2,1-3H3;5H2,1-4H3. The summed E-state index contributed by atoms with van der Waals surface area (Å²) in [6, 6.07) is 0. The molecule has 0 aliphatic heterocycles. The van der Waals surface area contributed by atoms with Crippen LogP contribution >= 0.6 is 15.9 Å². The normalized spacial score (nSPS) is 11.5. The van der Waals surface area contributed by atoms with Crippen molar-refractivity contribution in [3.05, 3.63) is 0 Å². The number of halogens is 1. The second-order valence-electron chi connectivity index (χ2n) is 6.85. The number of Topliss-reactive ketones (excluding diaryl/α,β-unsaturated/α-hetero) is 2. The van der Waals surface area contributed by atoms with Crippen molar-refractivity contribution in [2.45, 2.75) is 61.3 Å². The Morgan fingerprint density at radius 2 is 1.24 bits per heavy atom. The number of ketones is 2. The van der Waals surface area contributed by atoms with Gasteiger partial charge in [0, 0.05) is 12.8 Å². The zero-order valence-electron chi connectivity index (χ0n) is 12.3. The van der Waals surface area contributed by atoms with Gasteiger partial charge in [-0.25, -0.2) is 0 Å². The van der Waals surface area contributed by atoms with E-state index in [1.807, 2.05) is 0 Å². The molecule has 0 N–H and O–H groups in total. The molecule has 0 saturated carbocycles. The maximum atomic E-state index is 10.8. The molecule has 3 heteroatoms. The van der Waals surface area contributed by atoms with Gasteiger partial charge in [0.05, 0.1) is 5.33 Å². The Labute approximate surface area is 115 Å². The number of carbonyl (C=O) groups is 2. The van der Waals surface area contributed by atoms with Crippen LogP contribution in [-0.2, 0) is 9.59 Å². The van der Waals surface area contributed by atoms with Crippen LogP contribution in [0.5, 0.6) is 0 Å². The van der Waals surface area contributed by atoms with Crippen molar-refractivity contribution >= 4 is 27.5 Å². The zero-order valence-corrected chi connectivity index (χ0v) is 13.9. The Hall–Kier alpha value is -0.180. The van der Waals surface area contributed by atoms with Crippen LogP contribution in [-0.4, -0.2) is 16.9 Å². The van der Waals surface area contributed by atoms with Gasteiger partial charge in [0.25, 0.3) is 0 Å². The van der Waals surface area contributed by atoms with E-state index in [4.69, 9.17) is 0 Å². The van der Waals surface area contributed by atoms with Crippen LogP contribution in [0.2, 0.25) is 0 Å². The van der Waals surface area contributed by atoms with Crippen LogP contribution < -0.4 is 0 Å². The fourth-order valence-corrected chi connectivity index (χ4v) is 1.58. The minimum Gasteiger partial charge on any atom is -0.300 e. The first-order chi connectivity index (χ1) is 7.37. The van der Waals surface area contributed by atoms with E-state index in [9.17, 15) is 9.59 Å². The zero-order chi connectivity index (χ0) is 14.3. The van der Waals surface area contributed by atoms with Gasteiger partial charge in [-0.2, -0.15) is 0 Å². The second kappa shape index (κ2) is 8.02. The molecule has 2 nitrogen and oxygen atoms in total. The Balaban J connectivity index is 0. The minimum absolute atomic E-state index is 0.144. The van der Waals surface area contributed by atoms with Crippen molar-refractivity contribution in [1.29, 1.82) is 0 Å². The minimum atomic E-state index is 0.144. The van der Waals surface area contributed by atoms with Crippen LogP contribution in [0.25, 0.3) is 0 Å². The second-order valence-corrected chi connectivity index (χ2v) is 7.41. The van der Waals surface area contributed by atoms with Crippen LogP contribution in [0.15, 0.2) is 0 Å². The summed E-state index contributed by atoms with van der Waals surface area (Å²) in [4.78, 5) is 21.2. The van der Waals surface area contributed by atoms with E-state index in [2.05, 4.69) is 57.5 Å². The maximum Gasteiger partial charge on any atom is 0.143 e. The summed E-state index contributed by atoms with van der Waals surface area (Å²) in [6.45, 7) is 14.0. The molecule has 0 amide bonds. The SMILES string of the molecule is CC(=O)CC(C)(C)C.CC(C)(C)CC(=O)CBr. The lowest BCUT2D eigenvalue weighted by Gasteiger charge is -2.15. The molecule has 0 aromatic heterocycles. The van der Waals surface area contributed by atoms with Crippen molar-refractivity contribution < 1.29 is 9.59 Å². The van der Waals surface area contributed by atoms with Crippen LogP contribution in [0.3, 0.4) is 0 Å². The molecule has 0 spiro atoms. The predicted octanol–water partition coefficient (Wildman–Crippen LogP) is 4.40. The van der Waals surface area contributed by atoms with E-state index in [0.717, 1.165) is 0 Å². The highest BCUT2D eigenvalue weighted by Crippen LogP contribution is 2.19. The van der Waals surface area contributed by atoms with Crippen molar-refractivity contribution in [2.24, 2.45) is 10.8 Å². The fourth-order valence-electron chi connectivity index (χ4n) is 1.39. The van der Waals surface area contributed by atoms with E-state index in [1.54, 1.807) is 6.92 Å². The molecule has 0 unspecified atom stereocenters. The van der Waals surface area contributed by atoms with Gasteiger partial charge in [-0.1, -0.05) is 57.5 Å². The molecule has 0 bridgehead atoms. The molecule has 0 fully saturated rings. The van der Waals surface area contributed by atoms with Gasteiger partial charge in [0.2, 0.25) is 0 Å². The number of rotatable bonds is 3. The first-order valence-electron chi connectivity index (χ1n) is 5.94. The number of hydrogen-bond acceptors (Lipinski definition) is 2. The summed E-state index contributed by atoms with van der Waals surface area (Å²) < 4.78 is 0. The Morgan fingerprint density at radius 1 is 0.882 bits per heavy atom. The molecule has 0 atom stereocenters. The summed E-state index contributed by atoms with van der Waals surface area (Å²) in [5, 5.41) is 0.490. The van der Waals surface area contributed by atoms with Gasteiger partial charge in [-0.05, 0) is 17.8 Å². The molecule has 0 radical (unpaired) electrons. The Morgan fingerprint density at radius 3 is 1.29 bits per heavy atom. The van der Waals surface area contributed by atoms with Crippen LogP contribution in [0.1, 0.15) is 61.3 Å². The van der Waals surface area contributed by atoms with E-state index >= 15 is 0 Å². The molecular weight excluding hydrogens is 280 g/mol. The smallest absolute Gasteiger partial charge is 0.143 e. The lowest BCUT2D eigenvalue weighted by molar-refractivity contribution is -0.119. The van der Waals surface area contributed by atoms with E-state index in [0.29, 0.717) is 18.2 Å². The average molecular weight is 307 g/mol. The van der Waals surface area contributed by atoms with E-state index < -0.39 is 0 Å². The van der Waals surface area contributed by atoms with E-state index in [-0.39, 0.29) is 22.4 Å². The maximum absolute atomic E-state index is 10.8. The van der Waals surface area contributed by atoms with Crippen LogP contribution in [0, 0.1) is 10.8 Å². The highest BCUT2D eigenvalue weighted by Gasteiger charge is 2.14. The van der Waals surface area contributed by atoms with Gasteiger partial charge in [0.15, 0.2) is 0 Å². The summed E-state index contributed by atoms with van der Waals surface area (Å²) >= 11 is 3.12. The summed E-state index contributed by atoms with van der Waals surface area (Å²) in [6.07, 6.45) is 1.35. The monoisotopic (exact) mass is 306 g/mol. The topological polar surface area (TPSA) is 34.1 Å². The molecule has 0 aromatic rings. The summed E-state index contributed by atoms with van der Waals surface area (Å²) in [5.74, 6) is 0.556. The fraction of sp³-hybridized carbons (Fsp3) is 0.857. The Bertz CT molecular complexity index is 244. The first kappa shape index (κ1) is 19.2. The molecule has 0 saturated heterocycles. The first-order valence-corrected chi connectivity index (χ1v) is 7.06. The van der Waals surface area contributed by atoms with Gasteiger partial charge >= 0.3 is 0 Å². The Kier molecular flexibility index (Phi) is 9.04. The van der Waals surface area contributed by atoms with Crippen molar-refractivity contribution in [3.63, 3.8) is 0 Å². The molecule has 0 aliphatic carbocycles. The largest absolute Gasteiger partial charge is 0.300 e. The quantitative estimate of drug-likeness (QED) is 0.724. The van der Waals surface area contributed by atoms with Crippen molar-refractivity contribution in [1.82, 2.24) is 0 Å². The average Bonchev–Trinajstić information content (AvgIpc) is 1.96. The number of hydrogen-bond donors (Lipinski definition) is 0. The van der Waals surface area contributed by atoms with Gasteiger partial charge in [0.1, 0.15) is 11.6 Å². The van der Waals surface area contributed by atoms with Gasteiger partial charge in [-0.15, -0.1) is 0 Å². The third-order valence-corrected chi connectivity index (χ3v) is 2.28. The van der Waals surface area contributed by atoms with E-state index in [1.165, 1.54) is 0 Å². The molecular formula is C14H27BrO2. The highest BCUT2D eigenvalue weighted by molar-refractivity contribution is 9.09. The third kappa shape index (κ3) is 21.6. The number of carbonyl (C=O) groups excluding carboxylic acids is 2. The van der Waals surface area contributed by atoms with Crippen molar-refractivity contribution in [3.8, 4) is 0 Å². The predicted molar refractivity (Wildman–Crippen MR) is 77.6 cm³/mol. The lowest BCUT2D eigenvalue weighted by Crippen LogP contribution is -2.13. The van der Waals surface area contributed by atoms with Gasteiger partial charge in [-0.3, -0.25) is 4.79 Å². The number of alkyl halides is 1. The summed E-state index contributed by atoms with van der Waals surface area (Å²) in [7, 11) is 0. The molecule has 102 valence electrons. The van der Waals surface area contributed by atoms with Crippen molar-refractivity contribution in [2.75, 3.05) is 5.33 Å². The summed E-state index contributed by atoms with van der Waals surface area (Å²) in [5.41, 5.74) is 0.316. The molecule has 0 aliphatic rings. The van der Waals surface area contributed by atoms with Gasteiger partial charge < -0.3 is 4.79 Å². The third-order valence-electron chi connectivity index (χ3n) is 1.66. The molecule has 0 rings (SSSR count). The molecule has 17 heavy (non-hydrogen) atoms. The molecule has 0 heterocycles. The van der Waals surface area contributed by atoms with Crippen LogP contribution in [0.4, 0.5) is 0 Å². The molecule has 0 aromatic carbocycles. The highest BCUT2D eigenvalue weighted by atomic mass is 79.9. The lowest BCUT2D eigenvalue weighted by atomic mass is 9.90.